The predicted octanol–water partition coefficient (Wildman–Crippen LogP) is 10.4. The highest BCUT2D eigenvalue weighted by Gasteiger charge is 2.36. The Morgan fingerprint density at radius 2 is 1.78 bits per heavy atom. The van der Waals surface area contributed by atoms with E-state index in [2.05, 4.69) is 77.7 Å². The lowest BCUT2D eigenvalue weighted by Crippen LogP contribution is -2.32. The first-order valence-corrected chi connectivity index (χ1v) is 18.2. The Labute approximate surface area is 305 Å². The SMILES string of the molecule is CC1=C(C(=O)Nc2ccc(C)cc2C)C(c2cc(Br)ccc2OCc2ccc(C(C)(C)C)cc2)n2nc(SCc3ccccc3Cl)nc2N1. The van der Waals surface area contributed by atoms with Gasteiger partial charge in [0.1, 0.15) is 18.4 Å². The smallest absolute Gasteiger partial charge is 0.255 e. The number of rotatable bonds is 9. The molecule has 1 unspecified atom stereocenters. The predicted molar refractivity (Wildman–Crippen MR) is 204 cm³/mol. The van der Waals surface area contributed by atoms with Crippen LogP contribution >= 0.6 is 39.3 Å². The molecular weight excluding hydrogens is 718 g/mol. The summed E-state index contributed by atoms with van der Waals surface area (Å²) in [6.45, 7) is 12.9. The Morgan fingerprint density at radius 1 is 1.02 bits per heavy atom. The fraction of sp³-hybridized carbons (Fsp3) is 0.256. The van der Waals surface area contributed by atoms with E-state index in [4.69, 9.17) is 26.4 Å². The van der Waals surface area contributed by atoms with Gasteiger partial charge in [-0.05, 0) is 78.8 Å². The first-order valence-electron chi connectivity index (χ1n) is 16.1. The normalized spacial score (nSPS) is 14.3. The zero-order valence-electron chi connectivity index (χ0n) is 28.4. The van der Waals surface area contributed by atoms with E-state index in [-0.39, 0.29) is 11.3 Å². The number of halogens is 2. The van der Waals surface area contributed by atoms with Crippen LogP contribution < -0.4 is 15.4 Å². The molecule has 2 heterocycles. The van der Waals surface area contributed by atoms with Gasteiger partial charge in [-0.2, -0.15) is 4.98 Å². The summed E-state index contributed by atoms with van der Waals surface area (Å²) in [5.41, 5.74) is 8.19. The van der Waals surface area contributed by atoms with Gasteiger partial charge in [-0.1, -0.05) is 120 Å². The second-order valence-electron chi connectivity index (χ2n) is 13.3. The van der Waals surface area contributed by atoms with Crippen LogP contribution in [0, 0.1) is 13.8 Å². The molecule has 1 atom stereocenters. The van der Waals surface area contributed by atoms with Crippen molar-refractivity contribution in [3.05, 3.63) is 139 Å². The van der Waals surface area contributed by atoms with E-state index in [0.717, 1.165) is 38.0 Å². The summed E-state index contributed by atoms with van der Waals surface area (Å²) in [6, 6.07) is 27.5. The second kappa shape index (κ2) is 14.4. The lowest BCUT2D eigenvalue weighted by Gasteiger charge is -2.30. The summed E-state index contributed by atoms with van der Waals surface area (Å²) < 4.78 is 9.17. The largest absolute Gasteiger partial charge is 0.489 e. The van der Waals surface area contributed by atoms with Crippen molar-refractivity contribution < 1.29 is 9.53 Å². The highest BCUT2D eigenvalue weighted by Crippen LogP contribution is 2.42. The van der Waals surface area contributed by atoms with Crippen LogP contribution in [-0.4, -0.2) is 20.7 Å². The number of ether oxygens (including phenoxy) is 1. The fourth-order valence-corrected chi connectivity index (χ4v) is 7.30. The van der Waals surface area contributed by atoms with Crippen molar-refractivity contribution in [2.45, 2.75) is 70.5 Å². The molecule has 1 amide bonds. The number of hydrogen-bond acceptors (Lipinski definition) is 6. The number of aromatic nitrogens is 3. The number of aryl methyl sites for hydroxylation is 2. The van der Waals surface area contributed by atoms with Crippen molar-refractivity contribution >= 4 is 56.8 Å². The van der Waals surface area contributed by atoms with Crippen LogP contribution in [-0.2, 0) is 22.6 Å². The molecule has 0 aliphatic carbocycles. The minimum Gasteiger partial charge on any atom is -0.489 e. The Balaban J connectivity index is 1.38. The van der Waals surface area contributed by atoms with Gasteiger partial charge >= 0.3 is 0 Å². The molecule has 4 aromatic carbocycles. The van der Waals surface area contributed by atoms with Crippen LogP contribution in [0.1, 0.15) is 67.1 Å². The first-order chi connectivity index (χ1) is 23.4. The van der Waals surface area contributed by atoms with E-state index in [1.54, 1.807) is 4.68 Å². The van der Waals surface area contributed by atoms with Gasteiger partial charge in [-0.3, -0.25) is 4.79 Å². The van der Waals surface area contributed by atoms with Crippen molar-refractivity contribution in [3.8, 4) is 5.75 Å². The third-order valence-corrected chi connectivity index (χ3v) is 10.3. The number of anilines is 2. The minimum atomic E-state index is -0.639. The van der Waals surface area contributed by atoms with Crippen LogP contribution in [0.25, 0.3) is 0 Å². The van der Waals surface area contributed by atoms with Crippen LogP contribution in [0.2, 0.25) is 5.02 Å². The van der Waals surface area contributed by atoms with Gasteiger partial charge < -0.3 is 15.4 Å². The van der Waals surface area contributed by atoms with Crippen LogP contribution in [0.5, 0.6) is 5.75 Å². The Hall–Kier alpha value is -4.05. The van der Waals surface area contributed by atoms with Gasteiger partial charge in [0.05, 0.1) is 5.57 Å². The lowest BCUT2D eigenvalue weighted by molar-refractivity contribution is -0.113. The van der Waals surface area contributed by atoms with Gasteiger partial charge in [0.2, 0.25) is 11.1 Å². The molecule has 10 heteroatoms. The number of carbonyl (C=O) groups excluding carboxylic acids is 1. The van der Waals surface area contributed by atoms with E-state index < -0.39 is 6.04 Å². The quantitative estimate of drug-likeness (QED) is 0.146. The molecule has 5 aromatic rings. The maximum Gasteiger partial charge on any atom is 0.255 e. The lowest BCUT2D eigenvalue weighted by atomic mass is 9.87. The first kappa shape index (κ1) is 34.8. The summed E-state index contributed by atoms with van der Waals surface area (Å²) in [5, 5.41) is 12.7. The zero-order chi connectivity index (χ0) is 34.9. The van der Waals surface area contributed by atoms with E-state index in [1.807, 2.05) is 75.4 Å². The van der Waals surface area contributed by atoms with Gasteiger partial charge in [0.25, 0.3) is 5.91 Å². The summed E-state index contributed by atoms with van der Waals surface area (Å²) in [7, 11) is 0. The maximum absolute atomic E-state index is 14.3. The molecule has 6 rings (SSSR count). The number of carbonyl (C=O) groups is 1. The van der Waals surface area contributed by atoms with Crippen LogP contribution in [0.15, 0.2) is 106 Å². The van der Waals surface area contributed by atoms with E-state index in [0.29, 0.717) is 45.5 Å². The van der Waals surface area contributed by atoms with Crippen molar-refractivity contribution in [2.24, 2.45) is 0 Å². The molecule has 49 heavy (non-hydrogen) atoms. The molecular formula is C39H39BrClN5O2S. The molecule has 2 N–H and O–H groups in total. The molecule has 0 saturated carbocycles. The van der Waals surface area contributed by atoms with Crippen molar-refractivity contribution in [1.82, 2.24) is 14.8 Å². The molecule has 1 aliphatic heterocycles. The third-order valence-electron chi connectivity index (χ3n) is 8.50. The minimum absolute atomic E-state index is 0.0611. The standard InChI is InChI=1S/C39H39BrClN5O2S/c1-23-11-17-32(24(2)19-23)43-36(47)34-25(3)42-37-44-38(49-22-27-9-7-8-10-31(27)41)45-46(37)35(34)30-20-29(40)16-18-33(30)48-21-26-12-14-28(15-13-26)39(4,5)6/h7-20,35H,21-22H2,1-6H3,(H,43,47)(H,42,44,45). The molecule has 0 spiro atoms. The summed E-state index contributed by atoms with van der Waals surface area (Å²) >= 11 is 11.6. The number of nitrogens with one attached hydrogen (secondary N) is 2. The number of amides is 1. The highest BCUT2D eigenvalue weighted by molar-refractivity contribution is 9.10. The maximum atomic E-state index is 14.3. The van der Waals surface area contributed by atoms with Crippen LogP contribution in [0.3, 0.4) is 0 Å². The average molecular weight is 757 g/mol. The van der Waals surface area contributed by atoms with E-state index in [1.165, 1.54) is 17.3 Å². The van der Waals surface area contributed by atoms with Crippen molar-refractivity contribution in [1.29, 1.82) is 0 Å². The van der Waals surface area contributed by atoms with Crippen LogP contribution in [0.4, 0.5) is 11.6 Å². The van der Waals surface area contributed by atoms with Gasteiger partial charge in [-0.25, -0.2) is 4.68 Å². The topological polar surface area (TPSA) is 81.1 Å². The number of benzene rings is 4. The summed E-state index contributed by atoms with van der Waals surface area (Å²) in [6.07, 6.45) is 0. The number of fused-ring (bicyclic) bond motifs is 1. The third kappa shape index (κ3) is 7.90. The summed E-state index contributed by atoms with van der Waals surface area (Å²) in [4.78, 5) is 19.1. The second-order valence-corrected chi connectivity index (χ2v) is 15.6. The molecule has 7 nitrogen and oxygen atoms in total. The molecule has 1 aliphatic rings. The molecule has 252 valence electrons. The monoisotopic (exact) mass is 755 g/mol. The Bertz CT molecular complexity index is 2050. The number of allylic oxidation sites excluding steroid dienone is 1. The van der Waals surface area contributed by atoms with Gasteiger partial charge in [0, 0.05) is 32.2 Å². The number of thioether (sulfide) groups is 1. The Kier molecular flexibility index (Phi) is 10.2. The highest BCUT2D eigenvalue weighted by atomic mass is 79.9. The molecule has 0 saturated heterocycles. The Morgan fingerprint density at radius 3 is 2.49 bits per heavy atom. The van der Waals surface area contributed by atoms with Crippen molar-refractivity contribution in [2.75, 3.05) is 10.6 Å². The van der Waals surface area contributed by atoms with Gasteiger partial charge in [0.15, 0.2) is 0 Å². The zero-order valence-corrected chi connectivity index (χ0v) is 31.6. The van der Waals surface area contributed by atoms with E-state index in [9.17, 15) is 4.79 Å². The molecule has 1 aromatic heterocycles. The number of hydrogen-bond donors (Lipinski definition) is 2. The van der Waals surface area contributed by atoms with Crippen molar-refractivity contribution in [3.63, 3.8) is 0 Å². The van der Waals surface area contributed by atoms with E-state index >= 15 is 0 Å². The number of nitrogens with zero attached hydrogens (tertiary/aromatic N) is 3. The fourth-order valence-electron chi connectivity index (χ4n) is 5.80. The average Bonchev–Trinajstić information content (AvgIpc) is 3.46. The molecule has 0 fully saturated rings. The summed E-state index contributed by atoms with van der Waals surface area (Å²) in [5.74, 6) is 1.54. The molecule has 0 bridgehead atoms. The molecule has 0 radical (unpaired) electrons. The van der Waals surface area contributed by atoms with Gasteiger partial charge in [-0.15, -0.1) is 5.10 Å².